The van der Waals surface area contributed by atoms with Gasteiger partial charge in [0.05, 0.1) is 0 Å². The molecule has 0 aliphatic carbocycles. The van der Waals surface area contributed by atoms with Crippen molar-refractivity contribution in [1.29, 1.82) is 0 Å². The Kier molecular flexibility index (Phi) is 7.86. The standard InChI is InChI=1S/C47H33N5/c1-30-25-31(2)49-44(48-30)37-22-17-32(18-23-37)39-26-40(38-24-21-34-20-19-33-11-9-10-16-42(33)43(34)29-38)28-41(27-39)47-51-45(35-12-5-3-6-13-35)50-46(52-47)36-14-7-4-8-15-36/h3-29H,1-2H3. The molecule has 0 aliphatic rings. The fourth-order valence-corrected chi connectivity index (χ4v) is 6.88. The lowest BCUT2D eigenvalue weighted by Gasteiger charge is -2.13. The molecule has 2 heterocycles. The summed E-state index contributed by atoms with van der Waals surface area (Å²) in [6.07, 6.45) is 0. The zero-order valence-electron chi connectivity index (χ0n) is 28.8. The third-order valence-electron chi connectivity index (χ3n) is 9.43. The molecular weight excluding hydrogens is 635 g/mol. The molecule has 0 saturated carbocycles. The van der Waals surface area contributed by atoms with Crippen LogP contribution in [-0.2, 0) is 0 Å². The van der Waals surface area contributed by atoms with Crippen LogP contribution in [0.15, 0.2) is 164 Å². The summed E-state index contributed by atoms with van der Waals surface area (Å²) in [6, 6.07) is 57.0. The molecule has 0 bridgehead atoms. The van der Waals surface area contributed by atoms with Gasteiger partial charge in [0, 0.05) is 33.6 Å². The Morgan fingerprint density at radius 1 is 0.269 bits per heavy atom. The van der Waals surface area contributed by atoms with E-state index < -0.39 is 0 Å². The molecule has 7 aromatic carbocycles. The Labute approximate surface area is 302 Å². The minimum absolute atomic E-state index is 0.613. The van der Waals surface area contributed by atoms with E-state index in [-0.39, 0.29) is 0 Å². The molecule has 0 unspecified atom stereocenters. The largest absolute Gasteiger partial charge is 0.233 e. The third-order valence-corrected chi connectivity index (χ3v) is 9.43. The van der Waals surface area contributed by atoms with Crippen LogP contribution in [-0.4, -0.2) is 24.9 Å². The van der Waals surface area contributed by atoms with Crippen LogP contribution < -0.4 is 0 Å². The molecule has 9 aromatic rings. The second-order valence-corrected chi connectivity index (χ2v) is 13.1. The number of nitrogens with zero attached hydrogens (tertiary/aromatic N) is 5. The first-order valence-electron chi connectivity index (χ1n) is 17.4. The number of aryl methyl sites for hydroxylation is 2. The maximum Gasteiger partial charge on any atom is 0.164 e. The van der Waals surface area contributed by atoms with Crippen LogP contribution in [0.4, 0.5) is 0 Å². The van der Waals surface area contributed by atoms with Crippen molar-refractivity contribution in [2.24, 2.45) is 0 Å². The average Bonchev–Trinajstić information content (AvgIpc) is 3.20. The summed E-state index contributed by atoms with van der Waals surface area (Å²) in [7, 11) is 0. The van der Waals surface area contributed by atoms with E-state index in [9.17, 15) is 0 Å². The van der Waals surface area contributed by atoms with E-state index in [1.807, 2.05) is 80.6 Å². The van der Waals surface area contributed by atoms with Crippen LogP contribution in [0.5, 0.6) is 0 Å². The summed E-state index contributed by atoms with van der Waals surface area (Å²) in [5.74, 6) is 2.61. The van der Waals surface area contributed by atoms with Crippen molar-refractivity contribution in [2.45, 2.75) is 13.8 Å². The van der Waals surface area contributed by atoms with Gasteiger partial charge in [0.25, 0.3) is 0 Å². The van der Waals surface area contributed by atoms with Crippen LogP contribution in [0.1, 0.15) is 11.4 Å². The van der Waals surface area contributed by atoms with Gasteiger partial charge in [0.15, 0.2) is 23.3 Å². The highest BCUT2D eigenvalue weighted by atomic mass is 15.0. The molecule has 0 saturated heterocycles. The molecular formula is C47H33N5. The van der Waals surface area contributed by atoms with E-state index >= 15 is 0 Å². The number of aromatic nitrogens is 5. The predicted molar refractivity (Wildman–Crippen MR) is 213 cm³/mol. The van der Waals surface area contributed by atoms with Gasteiger partial charge in [-0.2, -0.15) is 0 Å². The molecule has 0 amide bonds. The monoisotopic (exact) mass is 667 g/mol. The summed E-state index contributed by atoms with van der Waals surface area (Å²) in [5, 5.41) is 4.89. The smallest absolute Gasteiger partial charge is 0.164 e. The van der Waals surface area contributed by atoms with Crippen LogP contribution in [0, 0.1) is 13.8 Å². The fourth-order valence-electron chi connectivity index (χ4n) is 6.88. The zero-order chi connectivity index (χ0) is 35.0. The van der Waals surface area contributed by atoms with Gasteiger partial charge >= 0.3 is 0 Å². The number of hydrogen-bond acceptors (Lipinski definition) is 5. The molecule has 52 heavy (non-hydrogen) atoms. The molecule has 0 aliphatic heterocycles. The van der Waals surface area contributed by atoms with E-state index in [1.165, 1.54) is 21.5 Å². The number of fused-ring (bicyclic) bond motifs is 3. The quantitative estimate of drug-likeness (QED) is 0.165. The molecule has 0 atom stereocenters. The van der Waals surface area contributed by atoms with E-state index in [1.54, 1.807) is 0 Å². The topological polar surface area (TPSA) is 64.5 Å². The lowest BCUT2D eigenvalue weighted by atomic mass is 9.93. The van der Waals surface area contributed by atoms with Crippen molar-refractivity contribution in [3.8, 4) is 67.8 Å². The first-order chi connectivity index (χ1) is 25.5. The van der Waals surface area contributed by atoms with Crippen LogP contribution >= 0.6 is 0 Å². The zero-order valence-corrected chi connectivity index (χ0v) is 28.8. The molecule has 0 fully saturated rings. The van der Waals surface area contributed by atoms with E-state index in [4.69, 9.17) is 24.9 Å². The van der Waals surface area contributed by atoms with Crippen molar-refractivity contribution < 1.29 is 0 Å². The normalized spacial score (nSPS) is 11.3. The molecule has 246 valence electrons. The fraction of sp³-hybridized carbons (Fsp3) is 0.0426. The highest BCUT2D eigenvalue weighted by molar-refractivity contribution is 6.08. The summed E-state index contributed by atoms with van der Waals surface area (Å²) in [5.41, 5.74) is 9.98. The van der Waals surface area contributed by atoms with Gasteiger partial charge in [-0.15, -0.1) is 0 Å². The van der Waals surface area contributed by atoms with Gasteiger partial charge in [-0.05, 0) is 88.0 Å². The number of rotatable bonds is 6. The van der Waals surface area contributed by atoms with E-state index in [0.29, 0.717) is 17.5 Å². The minimum atomic E-state index is 0.613. The molecule has 2 aromatic heterocycles. The highest BCUT2D eigenvalue weighted by Crippen LogP contribution is 2.36. The van der Waals surface area contributed by atoms with Crippen LogP contribution in [0.2, 0.25) is 0 Å². The summed E-state index contributed by atoms with van der Waals surface area (Å²) in [6.45, 7) is 4.01. The van der Waals surface area contributed by atoms with Gasteiger partial charge in [-0.1, -0.05) is 133 Å². The molecule has 5 heteroatoms. The van der Waals surface area contributed by atoms with Crippen molar-refractivity contribution in [2.75, 3.05) is 0 Å². The van der Waals surface area contributed by atoms with Crippen LogP contribution in [0.25, 0.3) is 89.4 Å². The van der Waals surface area contributed by atoms with Gasteiger partial charge in [-0.25, -0.2) is 24.9 Å². The number of benzene rings is 7. The lowest BCUT2D eigenvalue weighted by Crippen LogP contribution is -2.00. The highest BCUT2D eigenvalue weighted by Gasteiger charge is 2.16. The second kappa shape index (κ2) is 13.1. The Morgan fingerprint density at radius 2 is 0.692 bits per heavy atom. The number of hydrogen-bond donors (Lipinski definition) is 0. The van der Waals surface area contributed by atoms with E-state index in [2.05, 4.69) is 97.1 Å². The van der Waals surface area contributed by atoms with Crippen molar-refractivity contribution in [3.63, 3.8) is 0 Å². The van der Waals surface area contributed by atoms with Gasteiger partial charge < -0.3 is 0 Å². The molecule has 0 radical (unpaired) electrons. The van der Waals surface area contributed by atoms with Gasteiger partial charge in [0.1, 0.15) is 0 Å². The summed E-state index contributed by atoms with van der Waals surface area (Å²) < 4.78 is 0. The van der Waals surface area contributed by atoms with Crippen molar-refractivity contribution >= 4 is 21.5 Å². The first-order valence-corrected chi connectivity index (χ1v) is 17.4. The minimum Gasteiger partial charge on any atom is -0.233 e. The Morgan fingerprint density at radius 3 is 1.33 bits per heavy atom. The van der Waals surface area contributed by atoms with E-state index in [0.717, 1.165) is 61.7 Å². The molecule has 0 N–H and O–H groups in total. The summed E-state index contributed by atoms with van der Waals surface area (Å²) in [4.78, 5) is 24.5. The Bertz CT molecular complexity index is 2660. The molecule has 0 spiro atoms. The average molecular weight is 668 g/mol. The molecule has 9 rings (SSSR count). The van der Waals surface area contributed by atoms with Gasteiger partial charge in [0.2, 0.25) is 0 Å². The SMILES string of the molecule is Cc1cc(C)nc(-c2ccc(-c3cc(-c4ccc5ccc6ccccc6c5c4)cc(-c4nc(-c5ccccc5)nc(-c5ccccc5)n4)c3)cc2)n1. The Balaban J connectivity index is 1.24. The maximum absolute atomic E-state index is 5.09. The Hall–Kier alpha value is -6.85. The van der Waals surface area contributed by atoms with Crippen LogP contribution in [0.3, 0.4) is 0 Å². The molecule has 5 nitrogen and oxygen atoms in total. The summed E-state index contributed by atoms with van der Waals surface area (Å²) >= 11 is 0. The third kappa shape index (κ3) is 6.10. The maximum atomic E-state index is 5.09. The van der Waals surface area contributed by atoms with Crippen molar-refractivity contribution in [3.05, 3.63) is 175 Å². The van der Waals surface area contributed by atoms with Gasteiger partial charge in [-0.3, -0.25) is 0 Å². The predicted octanol–water partition coefficient (Wildman–Crippen LogP) is 11.6. The lowest BCUT2D eigenvalue weighted by molar-refractivity contribution is 1.06. The first kappa shape index (κ1) is 31.2. The second-order valence-electron chi connectivity index (χ2n) is 13.1. The van der Waals surface area contributed by atoms with Crippen molar-refractivity contribution in [1.82, 2.24) is 24.9 Å².